The Bertz CT molecular complexity index is 1120. The minimum Gasteiger partial charge on any atom is -0.390 e. The van der Waals surface area contributed by atoms with Gasteiger partial charge in [0.05, 0.1) is 28.1 Å². The summed E-state index contributed by atoms with van der Waals surface area (Å²) in [5.41, 5.74) is 0.104. The molecule has 3 aromatic heterocycles. The van der Waals surface area contributed by atoms with Crippen LogP contribution in [0.3, 0.4) is 0 Å². The minimum atomic E-state index is -2.81. The number of carbonyl (C=O) groups excluding carboxylic acids is 2. The van der Waals surface area contributed by atoms with Crippen LogP contribution < -0.4 is 10.6 Å². The number of hydrogen-bond donors (Lipinski definition) is 3. The van der Waals surface area contributed by atoms with E-state index in [0.717, 1.165) is 6.07 Å². The molecule has 0 unspecified atom stereocenters. The summed E-state index contributed by atoms with van der Waals surface area (Å²) in [4.78, 5) is 28.6. The summed E-state index contributed by atoms with van der Waals surface area (Å²) >= 11 is 0. The number of aromatic nitrogens is 3. The first-order valence-electron chi connectivity index (χ1n) is 9.60. The highest BCUT2D eigenvalue weighted by Gasteiger charge is 2.19. The molecule has 0 atom stereocenters. The molecule has 0 fully saturated rings. The summed E-state index contributed by atoms with van der Waals surface area (Å²) in [6.45, 7) is 3.41. The Labute approximate surface area is 177 Å². The molecule has 10 heteroatoms. The third-order valence-corrected chi connectivity index (χ3v) is 4.59. The molecule has 8 nitrogen and oxygen atoms in total. The number of rotatable bonds is 7. The van der Waals surface area contributed by atoms with Crippen LogP contribution in [0.1, 0.15) is 58.9 Å². The van der Waals surface area contributed by atoms with E-state index in [1.807, 2.05) is 0 Å². The predicted molar refractivity (Wildman–Crippen MR) is 110 cm³/mol. The van der Waals surface area contributed by atoms with Crippen LogP contribution in [0.15, 0.2) is 36.5 Å². The molecular weight excluding hydrogens is 408 g/mol. The molecule has 0 saturated carbocycles. The Morgan fingerprint density at radius 1 is 1.23 bits per heavy atom. The van der Waals surface area contributed by atoms with Crippen LogP contribution >= 0.6 is 0 Å². The van der Waals surface area contributed by atoms with E-state index >= 15 is 0 Å². The summed E-state index contributed by atoms with van der Waals surface area (Å²) in [6.07, 6.45) is -0.318. The maximum atomic E-state index is 12.9. The average molecular weight is 431 g/mol. The molecule has 164 valence electrons. The van der Waals surface area contributed by atoms with Gasteiger partial charge in [-0.1, -0.05) is 6.07 Å². The molecule has 3 rings (SSSR count). The van der Waals surface area contributed by atoms with E-state index in [1.165, 1.54) is 29.9 Å². The van der Waals surface area contributed by atoms with Crippen LogP contribution in [0.4, 0.5) is 14.5 Å². The van der Waals surface area contributed by atoms with E-state index in [1.54, 1.807) is 26.0 Å². The highest BCUT2D eigenvalue weighted by Crippen LogP contribution is 2.22. The van der Waals surface area contributed by atoms with E-state index in [4.69, 9.17) is 0 Å². The van der Waals surface area contributed by atoms with Crippen molar-refractivity contribution in [3.63, 3.8) is 0 Å². The van der Waals surface area contributed by atoms with Crippen LogP contribution in [0.2, 0.25) is 0 Å². The zero-order valence-electron chi connectivity index (χ0n) is 17.3. The first-order chi connectivity index (χ1) is 14.6. The van der Waals surface area contributed by atoms with Gasteiger partial charge < -0.3 is 15.7 Å². The summed E-state index contributed by atoms with van der Waals surface area (Å²) in [5, 5.41) is 19.4. The second kappa shape index (κ2) is 8.76. The van der Waals surface area contributed by atoms with Crippen molar-refractivity contribution in [2.24, 2.45) is 0 Å². The molecule has 0 spiro atoms. The van der Waals surface area contributed by atoms with Gasteiger partial charge in [0.2, 0.25) is 0 Å². The predicted octanol–water partition coefficient (Wildman–Crippen LogP) is 2.98. The van der Waals surface area contributed by atoms with E-state index in [2.05, 4.69) is 20.7 Å². The highest BCUT2D eigenvalue weighted by atomic mass is 19.3. The number of aryl methyl sites for hydroxylation is 1. The number of anilines is 1. The highest BCUT2D eigenvalue weighted by molar-refractivity contribution is 6.08. The maximum absolute atomic E-state index is 12.9. The van der Waals surface area contributed by atoms with Gasteiger partial charge in [0, 0.05) is 13.2 Å². The number of carbonyl (C=O) groups is 2. The standard InChI is InChI=1S/C21H23F2N5O3/c1-21(2,31)8-7-12-9-13-10-17(14(19(29)24-3)11-28(13)27-12)26-20(30)16-6-4-5-15(25-16)18(22)23/h4-6,9-11,18,31H,7-8H2,1-3H3,(H,24,29)(H,26,30). The zero-order chi connectivity index (χ0) is 22.8. The largest absolute Gasteiger partial charge is 0.390 e. The third-order valence-electron chi connectivity index (χ3n) is 4.59. The molecule has 0 radical (unpaired) electrons. The van der Waals surface area contributed by atoms with Crippen LogP contribution in [-0.4, -0.2) is 44.2 Å². The molecule has 0 aliphatic carbocycles. The van der Waals surface area contributed by atoms with E-state index < -0.39 is 29.5 Å². The molecule has 0 aromatic carbocycles. The quantitative estimate of drug-likeness (QED) is 0.533. The van der Waals surface area contributed by atoms with Crippen molar-refractivity contribution in [2.45, 2.75) is 38.7 Å². The maximum Gasteiger partial charge on any atom is 0.280 e. The SMILES string of the molecule is CNC(=O)c1cn2nc(CCC(C)(C)O)cc2cc1NC(=O)c1cccc(C(F)F)n1. The first kappa shape index (κ1) is 22.3. The number of alkyl halides is 2. The van der Waals surface area contributed by atoms with Gasteiger partial charge in [-0.2, -0.15) is 5.10 Å². The smallest absolute Gasteiger partial charge is 0.280 e. The Morgan fingerprint density at radius 2 is 1.97 bits per heavy atom. The first-order valence-corrected chi connectivity index (χ1v) is 9.60. The molecule has 0 bridgehead atoms. The molecule has 0 aliphatic rings. The van der Waals surface area contributed by atoms with Gasteiger partial charge in [-0.3, -0.25) is 9.59 Å². The number of pyridine rings is 2. The van der Waals surface area contributed by atoms with Crippen LogP contribution in [0.5, 0.6) is 0 Å². The Hall–Kier alpha value is -3.40. The number of aliphatic hydroxyl groups is 1. The molecule has 0 aliphatic heterocycles. The molecule has 3 aromatic rings. The van der Waals surface area contributed by atoms with Gasteiger partial charge in [-0.05, 0) is 51.0 Å². The second-order valence-corrected chi connectivity index (χ2v) is 7.70. The fraction of sp³-hybridized carbons (Fsp3) is 0.333. The lowest BCUT2D eigenvalue weighted by Gasteiger charge is -2.15. The van der Waals surface area contributed by atoms with Crippen molar-refractivity contribution in [3.8, 4) is 0 Å². The topological polar surface area (TPSA) is 109 Å². The number of halogens is 2. The summed E-state index contributed by atoms with van der Waals surface area (Å²) in [6, 6.07) is 7.11. The number of amides is 2. The van der Waals surface area contributed by atoms with Crippen LogP contribution in [0.25, 0.3) is 5.52 Å². The molecular formula is C21H23F2N5O3. The van der Waals surface area contributed by atoms with Crippen molar-refractivity contribution < 1.29 is 23.5 Å². The van der Waals surface area contributed by atoms with Gasteiger partial charge in [-0.15, -0.1) is 0 Å². The Balaban J connectivity index is 1.94. The van der Waals surface area contributed by atoms with Crippen molar-refractivity contribution in [1.29, 1.82) is 0 Å². The van der Waals surface area contributed by atoms with E-state index in [9.17, 15) is 23.5 Å². The van der Waals surface area contributed by atoms with Crippen molar-refractivity contribution in [2.75, 3.05) is 12.4 Å². The summed E-state index contributed by atoms with van der Waals surface area (Å²) < 4.78 is 27.3. The molecule has 31 heavy (non-hydrogen) atoms. The number of fused-ring (bicyclic) bond motifs is 1. The Kier molecular flexibility index (Phi) is 6.30. The van der Waals surface area contributed by atoms with Gasteiger partial charge in [0.1, 0.15) is 11.4 Å². The zero-order valence-corrected chi connectivity index (χ0v) is 17.3. The molecule has 3 N–H and O–H groups in total. The lowest BCUT2D eigenvalue weighted by atomic mass is 10.0. The van der Waals surface area contributed by atoms with Crippen LogP contribution in [0, 0.1) is 0 Å². The molecule has 2 amide bonds. The van der Waals surface area contributed by atoms with E-state index in [-0.39, 0.29) is 16.9 Å². The fourth-order valence-electron chi connectivity index (χ4n) is 2.95. The normalized spacial score (nSPS) is 11.7. The second-order valence-electron chi connectivity index (χ2n) is 7.70. The number of nitrogens with one attached hydrogen (secondary N) is 2. The average Bonchev–Trinajstić information content (AvgIpc) is 3.12. The van der Waals surface area contributed by atoms with Crippen LogP contribution in [-0.2, 0) is 6.42 Å². The lowest BCUT2D eigenvalue weighted by Crippen LogP contribution is -2.22. The molecule has 3 heterocycles. The fourth-order valence-corrected chi connectivity index (χ4v) is 2.95. The lowest BCUT2D eigenvalue weighted by molar-refractivity contribution is 0.0710. The van der Waals surface area contributed by atoms with Gasteiger partial charge in [-0.25, -0.2) is 18.3 Å². The number of hydrogen-bond acceptors (Lipinski definition) is 5. The monoisotopic (exact) mass is 431 g/mol. The Morgan fingerprint density at radius 3 is 2.61 bits per heavy atom. The van der Waals surface area contributed by atoms with Crippen molar-refractivity contribution >= 4 is 23.0 Å². The van der Waals surface area contributed by atoms with Gasteiger partial charge in [0.25, 0.3) is 18.2 Å². The number of nitrogens with zero attached hydrogens (tertiary/aromatic N) is 3. The minimum absolute atomic E-state index is 0.144. The van der Waals surface area contributed by atoms with Gasteiger partial charge >= 0.3 is 0 Å². The third kappa shape index (κ3) is 5.40. The molecule has 0 saturated heterocycles. The summed E-state index contributed by atoms with van der Waals surface area (Å²) in [7, 11) is 1.45. The summed E-state index contributed by atoms with van der Waals surface area (Å²) in [5.74, 6) is -1.18. The van der Waals surface area contributed by atoms with Crippen molar-refractivity contribution in [3.05, 3.63) is 59.2 Å². The van der Waals surface area contributed by atoms with Crippen molar-refractivity contribution in [1.82, 2.24) is 19.9 Å². The van der Waals surface area contributed by atoms with Gasteiger partial charge in [0.15, 0.2) is 0 Å². The van der Waals surface area contributed by atoms with E-state index in [0.29, 0.717) is 24.1 Å².